The zero-order valence-corrected chi connectivity index (χ0v) is 27.8. The maximum atomic E-state index is 14.1. The van der Waals surface area contributed by atoms with Crippen LogP contribution in [0.3, 0.4) is 0 Å². The predicted octanol–water partition coefficient (Wildman–Crippen LogP) is 5.73. The number of esters is 1. The van der Waals surface area contributed by atoms with Crippen molar-refractivity contribution < 1.29 is 33.3 Å². The number of likely N-dealkylation sites (tertiary alicyclic amines) is 1. The second-order valence-corrected chi connectivity index (χ2v) is 13.5. The first kappa shape index (κ1) is 34.3. The molecule has 1 aromatic carbocycles. The van der Waals surface area contributed by atoms with Gasteiger partial charge in [0, 0.05) is 12.5 Å². The molecule has 45 heavy (non-hydrogen) atoms. The summed E-state index contributed by atoms with van der Waals surface area (Å²) in [4.78, 5) is 50.5. The highest BCUT2D eigenvalue weighted by molar-refractivity contribution is 6.31. The number of aromatic nitrogens is 2. The molecule has 4 rings (SSSR count). The number of unbranched alkanes of at least 4 members (excludes halogenated alkanes) is 1. The third-order valence-corrected chi connectivity index (χ3v) is 8.83. The van der Waals surface area contributed by atoms with Gasteiger partial charge in [-0.1, -0.05) is 45.4 Å². The molecule has 2 aliphatic rings. The molecule has 1 N–H and O–H groups in total. The number of allylic oxidation sites excluding steroid dienone is 1. The lowest BCUT2D eigenvalue weighted by Gasteiger charge is -2.35. The van der Waals surface area contributed by atoms with Crippen LogP contribution in [0.25, 0.3) is 11.0 Å². The van der Waals surface area contributed by atoms with Gasteiger partial charge in [0.2, 0.25) is 5.91 Å². The van der Waals surface area contributed by atoms with E-state index in [1.165, 1.54) is 12.0 Å². The van der Waals surface area contributed by atoms with Crippen LogP contribution in [0.2, 0.25) is 5.15 Å². The Morgan fingerprint density at radius 3 is 2.58 bits per heavy atom. The number of amides is 2. The largest absolute Gasteiger partial charge is 0.497 e. The van der Waals surface area contributed by atoms with Crippen LogP contribution in [0.4, 0.5) is 4.79 Å². The molecule has 0 spiro atoms. The molecule has 1 saturated heterocycles. The number of nitrogens with one attached hydrogen (secondary N) is 1. The number of hydrogen-bond acceptors (Lipinski definition) is 9. The predicted molar refractivity (Wildman–Crippen MR) is 170 cm³/mol. The number of ether oxygens (including phenoxy) is 4. The highest BCUT2D eigenvalue weighted by Gasteiger charge is 2.47. The van der Waals surface area contributed by atoms with Crippen LogP contribution in [0.1, 0.15) is 66.2 Å². The van der Waals surface area contributed by atoms with E-state index in [-0.39, 0.29) is 36.0 Å². The first-order valence-corrected chi connectivity index (χ1v) is 15.9. The van der Waals surface area contributed by atoms with E-state index in [1.807, 2.05) is 26.8 Å². The average molecular weight is 645 g/mol. The van der Waals surface area contributed by atoms with Crippen molar-refractivity contribution in [3.8, 4) is 11.6 Å². The minimum Gasteiger partial charge on any atom is -0.497 e. The minimum absolute atomic E-state index is 0.0432. The molecular formula is C33H45ClN4O7. The summed E-state index contributed by atoms with van der Waals surface area (Å²) in [7, 11) is 2.82. The molecule has 2 heterocycles. The normalized spacial score (nSPS) is 23.8. The zero-order chi connectivity index (χ0) is 32.9. The number of alkyl carbamates (subject to hydrolysis) is 1. The lowest BCUT2D eigenvalue weighted by atomic mass is 9.85. The lowest BCUT2D eigenvalue weighted by molar-refractivity contribution is -0.152. The molecule has 1 aliphatic heterocycles. The number of hydrogen-bond donors (Lipinski definition) is 1. The van der Waals surface area contributed by atoms with Crippen molar-refractivity contribution in [2.45, 2.75) is 90.5 Å². The molecular weight excluding hydrogens is 600 g/mol. The van der Waals surface area contributed by atoms with E-state index in [2.05, 4.69) is 28.8 Å². The zero-order valence-electron chi connectivity index (χ0n) is 27.0. The summed E-state index contributed by atoms with van der Waals surface area (Å²) >= 11 is 6.40. The molecule has 0 unspecified atom stereocenters. The third kappa shape index (κ3) is 8.36. The molecule has 246 valence electrons. The number of methoxy groups -OCH3 is 2. The fraction of sp³-hybridized carbons (Fsp3) is 0.606. The Morgan fingerprint density at radius 1 is 1.16 bits per heavy atom. The van der Waals surface area contributed by atoms with Gasteiger partial charge in [0.1, 0.15) is 30.0 Å². The number of halogens is 1. The van der Waals surface area contributed by atoms with Crippen LogP contribution < -0.4 is 14.8 Å². The van der Waals surface area contributed by atoms with E-state index in [1.54, 1.807) is 25.3 Å². The summed E-state index contributed by atoms with van der Waals surface area (Å²) < 4.78 is 22.4. The Kier molecular flexibility index (Phi) is 11.2. The van der Waals surface area contributed by atoms with Gasteiger partial charge in [-0.2, -0.15) is 0 Å². The summed E-state index contributed by atoms with van der Waals surface area (Å²) in [6.07, 6.45) is 5.16. The Morgan fingerprint density at radius 2 is 1.91 bits per heavy atom. The molecule has 12 heteroatoms. The molecule has 0 bridgehead atoms. The lowest BCUT2D eigenvalue weighted by Crippen LogP contribution is -2.57. The van der Waals surface area contributed by atoms with Gasteiger partial charge in [0.25, 0.3) is 5.88 Å². The Hall–Kier alpha value is -3.60. The Balaban J connectivity index is 1.50. The van der Waals surface area contributed by atoms with Gasteiger partial charge in [-0.3, -0.25) is 4.79 Å². The number of carbonyl (C=O) groups is 3. The smallest absolute Gasteiger partial charge is 0.408 e. The fourth-order valence-electron chi connectivity index (χ4n) is 6.27. The van der Waals surface area contributed by atoms with E-state index >= 15 is 0 Å². The van der Waals surface area contributed by atoms with E-state index in [9.17, 15) is 14.4 Å². The van der Waals surface area contributed by atoms with Crippen LogP contribution in [-0.2, 0) is 19.1 Å². The Labute approximate surface area is 270 Å². The third-order valence-electron chi connectivity index (χ3n) is 8.58. The number of carbonyl (C=O) groups excluding carboxylic acids is 3. The summed E-state index contributed by atoms with van der Waals surface area (Å²) in [5.41, 5.74) is 0.373. The second-order valence-electron chi connectivity index (χ2n) is 13.1. The first-order valence-electron chi connectivity index (χ1n) is 15.5. The van der Waals surface area contributed by atoms with Gasteiger partial charge in [-0.15, -0.1) is 6.58 Å². The van der Waals surface area contributed by atoms with E-state index in [4.69, 9.17) is 30.5 Å². The first-order chi connectivity index (χ1) is 21.3. The van der Waals surface area contributed by atoms with Crippen LogP contribution in [0.15, 0.2) is 30.9 Å². The molecule has 1 aromatic heterocycles. The van der Waals surface area contributed by atoms with Crippen LogP contribution in [0, 0.1) is 17.3 Å². The van der Waals surface area contributed by atoms with Crippen molar-refractivity contribution in [3.05, 3.63) is 36.0 Å². The summed E-state index contributed by atoms with van der Waals surface area (Å²) in [6.45, 7) is 11.5. The topological polar surface area (TPSA) is 129 Å². The maximum absolute atomic E-state index is 14.1. The van der Waals surface area contributed by atoms with Crippen molar-refractivity contribution in [1.82, 2.24) is 20.2 Å². The van der Waals surface area contributed by atoms with E-state index in [0.29, 0.717) is 22.7 Å². The standard InChI is InChI=1S/C33H45ClN4O7/c1-8-9-10-11-20-14-19(2)15-26(20)45-32(41)37-27(33(3,4)5)30(39)38-18-22(17-25(38)31(40)43-7)44-29-28(34)35-23-13-12-21(42-6)16-24(23)36-29/h8,12-13,16,19-20,22,25-27H,1,9-11,14-15,17-18H2,2-7H3,(H,37,41)/t19-,20-,22-,25+,26-,27-/m1/s1. The SMILES string of the molecule is C=CCCC[C@@H]1C[C@@H](C)C[C@H]1OC(=O)N[C@H](C(=O)N1C[C@H](Oc2nc3cc(OC)ccc3nc2Cl)C[C@H]1C(=O)OC)C(C)(C)C. The van der Waals surface area contributed by atoms with Gasteiger partial charge >= 0.3 is 12.1 Å². The molecule has 6 atom stereocenters. The quantitative estimate of drug-likeness (QED) is 0.185. The summed E-state index contributed by atoms with van der Waals surface area (Å²) in [6, 6.07) is 3.28. The van der Waals surface area contributed by atoms with Gasteiger partial charge in [-0.05, 0) is 61.5 Å². The second kappa shape index (κ2) is 14.7. The van der Waals surface area contributed by atoms with Gasteiger partial charge in [0.05, 0.1) is 31.8 Å². The maximum Gasteiger partial charge on any atom is 0.408 e. The Bertz CT molecular complexity index is 1400. The van der Waals surface area contributed by atoms with Crippen LogP contribution in [-0.4, -0.2) is 77.9 Å². The van der Waals surface area contributed by atoms with Crippen molar-refractivity contribution in [1.29, 1.82) is 0 Å². The fourth-order valence-corrected chi connectivity index (χ4v) is 6.45. The van der Waals surface area contributed by atoms with Gasteiger partial charge in [0.15, 0.2) is 5.15 Å². The molecule has 1 aliphatic carbocycles. The molecule has 0 radical (unpaired) electrons. The monoisotopic (exact) mass is 644 g/mol. The molecule has 1 saturated carbocycles. The summed E-state index contributed by atoms with van der Waals surface area (Å²) in [5, 5.41) is 2.88. The number of benzene rings is 1. The minimum atomic E-state index is -0.981. The average Bonchev–Trinajstić information content (AvgIpc) is 3.57. The van der Waals surface area contributed by atoms with Crippen molar-refractivity contribution in [2.24, 2.45) is 17.3 Å². The van der Waals surface area contributed by atoms with Crippen LogP contribution >= 0.6 is 11.6 Å². The number of nitrogens with zero attached hydrogens (tertiary/aromatic N) is 3. The van der Waals surface area contributed by atoms with Crippen LogP contribution in [0.5, 0.6) is 11.6 Å². The van der Waals surface area contributed by atoms with Crippen molar-refractivity contribution in [3.63, 3.8) is 0 Å². The molecule has 2 fully saturated rings. The molecule has 2 amide bonds. The van der Waals surface area contributed by atoms with Gasteiger partial charge < -0.3 is 29.2 Å². The number of fused-ring (bicyclic) bond motifs is 1. The molecule has 2 aromatic rings. The van der Waals surface area contributed by atoms with Gasteiger partial charge in [-0.25, -0.2) is 19.6 Å². The highest BCUT2D eigenvalue weighted by Crippen LogP contribution is 2.37. The number of rotatable bonds is 11. The molecule has 11 nitrogen and oxygen atoms in total. The van der Waals surface area contributed by atoms with Crippen molar-refractivity contribution in [2.75, 3.05) is 20.8 Å². The van der Waals surface area contributed by atoms with E-state index in [0.717, 1.165) is 32.1 Å². The summed E-state index contributed by atoms with van der Waals surface area (Å²) in [5.74, 6) is 0.347. The van der Waals surface area contributed by atoms with Crippen molar-refractivity contribution >= 4 is 40.6 Å². The highest BCUT2D eigenvalue weighted by atomic mass is 35.5. The van der Waals surface area contributed by atoms with E-state index < -0.39 is 41.6 Å².